The topological polar surface area (TPSA) is 49.3 Å². The summed E-state index contributed by atoms with van der Waals surface area (Å²) in [6, 6.07) is 19.7. The Morgan fingerprint density at radius 2 is 1.57 bits per heavy atom. The minimum atomic E-state index is -0.121. The van der Waals surface area contributed by atoms with Crippen LogP contribution in [0.25, 0.3) is 0 Å². The number of hydrogen-bond acceptors (Lipinski definition) is 4. The molecule has 1 aromatic heterocycles. The van der Waals surface area contributed by atoms with E-state index in [0.717, 1.165) is 22.6 Å². The van der Waals surface area contributed by atoms with E-state index in [9.17, 15) is 4.79 Å². The Bertz CT molecular complexity index is 956. The van der Waals surface area contributed by atoms with Crippen LogP contribution in [-0.2, 0) is 0 Å². The highest BCUT2D eigenvalue weighted by Gasteiger charge is 2.21. The molecule has 0 unspecified atom stereocenters. The zero-order chi connectivity index (χ0) is 20.1. The van der Waals surface area contributed by atoms with Crippen molar-refractivity contribution in [2.75, 3.05) is 22.9 Å². The summed E-state index contributed by atoms with van der Waals surface area (Å²) in [5.74, 6) is 0.418. The van der Waals surface area contributed by atoms with Gasteiger partial charge in [-0.05, 0) is 63.6 Å². The van der Waals surface area contributed by atoms with Gasteiger partial charge in [-0.15, -0.1) is 0 Å². The number of amides is 1. The van der Waals surface area contributed by atoms with Crippen molar-refractivity contribution >= 4 is 23.2 Å². The van der Waals surface area contributed by atoms with Gasteiger partial charge in [0.1, 0.15) is 5.69 Å². The molecule has 0 N–H and O–H groups in total. The van der Waals surface area contributed by atoms with Gasteiger partial charge in [0.05, 0.1) is 0 Å². The van der Waals surface area contributed by atoms with E-state index in [4.69, 9.17) is 0 Å². The summed E-state index contributed by atoms with van der Waals surface area (Å²) in [6.45, 7) is 9.20. The molecule has 0 fully saturated rings. The smallest absolute Gasteiger partial charge is 0.277 e. The Balaban J connectivity index is 1.99. The number of hydrogen-bond donors (Lipinski definition) is 0. The van der Waals surface area contributed by atoms with E-state index >= 15 is 0 Å². The lowest BCUT2D eigenvalue weighted by Crippen LogP contribution is -2.32. The molecule has 1 heterocycles. The molecule has 144 valence electrons. The van der Waals surface area contributed by atoms with Crippen LogP contribution in [-0.4, -0.2) is 29.0 Å². The van der Waals surface area contributed by atoms with Crippen molar-refractivity contribution in [2.24, 2.45) is 0 Å². The van der Waals surface area contributed by atoms with Crippen molar-refractivity contribution in [2.45, 2.75) is 27.7 Å². The summed E-state index contributed by atoms with van der Waals surface area (Å²) in [6.07, 6.45) is 0. The summed E-state index contributed by atoms with van der Waals surface area (Å²) in [5.41, 5.74) is 4.16. The lowest BCUT2D eigenvalue weighted by atomic mass is 10.2. The predicted molar refractivity (Wildman–Crippen MR) is 114 cm³/mol. The molecular formula is C23H26N4O. The third kappa shape index (κ3) is 4.19. The first-order valence-electron chi connectivity index (χ1n) is 9.60. The first-order valence-corrected chi connectivity index (χ1v) is 9.60. The fourth-order valence-electron chi connectivity index (χ4n) is 3.21. The van der Waals surface area contributed by atoms with Gasteiger partial charge in [0.25, 0.3) is 5.91 Å². The quantitative estimate of drug-likeness (QED) is 0.615. The molecule has 0 atom stereocenters. The highest BCUT2D eigenvalue weighted by molar-refractivity contribution is 6.05. The average molecular weight is 374 g/mol. The molecule has 0 bridgehead atoms. The monoisotopic (exact) mass is 374 g/mol. The fraction of sp³-hybridized carbons (Fsp3) is 0.261. The minimum absolute atomic E-state index is 0.121. The van der Waals surface area contributed by atoms with Crippen LogP contribution in [0.5, 0.6) is 0 Å². The van der Waals surface area contributed by atoms with Gasteiger partial charge >= 0.3 is 0 Å². The van der Waals surface area contributed by atoms with E-state index in [1.807, 2.05) is 87.2 Å². The molecule has 1 amide bonds. The Hall–Kier alpha value is -3.21. The highest BCUT2D eigenvalue weighted by Crippen LogP contribution is 2.23. The van der Waals surface area contributed by atoms with Gasteiger partial charge in [-0.2, -0.15) is 0 Å². The maximum Gasteiger partial charge on any atom is 0.277 e. The number of rotatable bonds is 6. The van der Waals surface area contributed by atoms with Crippen molar-refractivity contribution in [3.63, 3.8) is 0 Å². The zero-order valence-corrected chi connectivity index (χ0v) is 16.9. The van der Waals surface area contributed by atoms with E-state index < -0.39 is 0 Å². The predicted octanol–water partition coefficient (Wildman–Crippen LogP) is 4.92. The largest absolute Gasteiger partial charge is 0.311 e. The number of nitrogens with zero attached hydrogens (tertiary/aromatic N) is 4. The van der Waals surface area contributed by atoms with Crippen LogP contribution in [0.4, 0.5) is 17.3 Å². The summed E-state index contributed by atoms with van der Waals surface area (Å²) in [4.78, 5) is 26.2. The van der Waals surface area contributed by atoms with E-state index in [2.05, 4.69) is 9.97 Å². The average Bonchev–Trinajstić information content (AvgIpc) is 2.69. The molecule has 5 nitrogen and oxygen atoms in total. The Kier molecular flexibility index (Phi) is 6.04. The van der Waals surface area contributed by atoms with Gasteiger partial charge < -0.3 is 9.80 Å². The molecule has 0 aliphatic rings. The van der Waals surface area contributed by atoms with Crippen LogP contribution in [0.1, 0.15) is 35.6 Å². The number of benzene rings is 2. The second kappa shape index (κ2) is 8.65. The third-order valence-corrected chi connectivity index (χ3v) is 4.56. The molecule has 3 aromatic rings. The number of anilines is 3. The molecule has 0 spiro atoms. The van der Waals surface area contributed by atoms with Gasteiger partial charge in [0.2, 0.25) is 5.95 Å². The van der Waals surface area contributed by atoms with Crippen molar-refractivity contribution in [1.29, 1.82) is 0 Å². The van der Waals surface area contributed by atoms with Gasteiger partial charge in [0.15, 0.2) is 0 Å². The zero-order valence-electron chi connectivity index (χ0n) is 16.9. The first kappa shape index (κ1) is 19.5. The van der Waals surface area contributed by atoms with Gasteiger partial charge in [-0.25, -0.2) is 9.97 Å². The van der Waals surface area contributed by atoms with E-state index in [1.165, 1.54) is 0 Å². The molecule has 0 saturated carbocycles. The summed E-state index contributed by atoms with van der Waals surface area (Å²) in [5, 5.41) is 0. The number of carbonyl (C=O) groups excluding carboxylic acids is 1. The fourth-order valence-corrected chi connectivity index (χ4v) is 3.21. The number of aryl methyl sites for hydroxylation is 2. The van der Waals surface area contributed by atoms with Crippen LogP contribution >= 0.6 is 0 Å². The molecule has 5 heteroatoms. The van der Waals surface area contributed by atoms with Crippen LogP contribution in [0.15, 0.2) is 60.7 Å². The lowest BCUT2D eigenvalue weighted by molar-refractivity contribution is 0.0983. The molecule has 3 rings (SSSR count). The van der Waals surface area contributed by atoms with Crippen LogP contribution in [0.2, 0.25) is 0 Å². The SMILES string of the molecule is CCN(C(=O)c1cc(C)nc(N(CC)c2ccccc2)n1)c1cccc(C)c1. The molecule has 0 saturated heterocycles. The van der Waals surface area contributed by atoms with E-state index in [-0.39, 0.29) is 5.91 Å². The highest BCUT2D eigenvalue weighted by atomic mass is 16.2. The lowest BCUT2D eigenvalue weighted by Gasteiger charge is -2.24. The molecule has 0 aliphatic heterocycles. The molecule has 0 aliphatic carbocycles. The van der Waals surface area contributed by atoms with Gasteiger partial charge in [-0.1, -0.05) is 30.3 Å². The van der Waals surface area contributed by atoms with Crippen molar-refractivity contribution in [3.8, 4) is 0 Å². The number of carbonyl (C=O) groups is 1. The van der Waals surface area contributed by atoms with E-state index in [0.29, 0.717) is 24.7 Å². The Labute approximate surface area is 166 Å². The van der Waals surface area contributed by atoms with E-state index in [1.54, 1.807) is 11.0 Å². The Morgan fingerprint density at radius 3 is 2.21 bits per heavy atom. The molecule has 2 aromatic carbocycles. The first-order chi connectivity index (χ1) is 13.5. The summed E-state index contributed by atoms with van der Waals surface area (Å²) < 4.78 is 0. The van der Waals surface area contributed by atoms with Crippen LogP contribution in [0, 0.1) is 13.8 Å². The summed E-state index contributed by atoms with van der Waals surface area (Å²) >= 11 is 0. The number of para-hydroxylation sites is 1. The number of aromatic nitrogens is 2. The van der Waals surface area contributed by atoms with Crippen molar-refractivity contribution < 1.29 is 4.79 Å². The second-order valence-corrected chi connectivity index (χ2v) is 6.66. The molecular weight excluding hydrogens is 348 g/mol. The maximum absolute atomic E-state index is 13.3. The van der Waals surface area contributed by atoms with Crippen LogP contribution < -0.4 is 9.80 Å². The Morgan fingerprint density at radius 1 is 0.857 bits per heavy atom. The van der Waals surface area contributed by atoms with Crippen LogP contribution in [0.3, 0.4) is 0 Å². The third-order valence-electron chi connectivity index (χ3n) is 4.56. The second-order valence-electron chi connectivity index (χ2n) is 6.66. The maximum atomic E-state index is 13.3. The molecule has 28 heavy (non-hydrogen) atoms. The van der Waals surface area contributed by atoms with Crippen molar-refractivity contribution in [3.05, 3.63) is 77.6 Å². The minimum Gasteiger partial charge on any atom is -0.311 e. The van der Waals surface area contributed by atoms with Gasteiger partial charge in [0, 0.05) is 30.2 Å². The normalized spacial score (nSPS) is 10.6. The van der Waals surface area contributed by atoms with Gasteiger partial charge in [-0.3, -0.25) is 4.79 Å². The standard InChI is InChI=1S/C23H26N4O/c1-5-26(20-14-10-11-17(3)15-20)22(28)21-16-18(4)24-23(25-21)27(6-2)19-12-8-7-9-13-19/h7-16H,5-6H2,1-4H3. The van der Waals surface area contributed by atoms with Crippen molar-refractivity contribution in [1.82, 2.24) is 9.97 Å². The molecule has 0 radical (unpaired) electrons. The summed E-state index contributed by atoms with van der Waals surface area (Å²) in [7, 11) is 0.